The Bertz CT molecular complexity index is 1110. The van der Waals surface area contributed by atoms with E-state index in [1.54, 1.807) is 37.5 Å². The monoisotopic (exact) mass is 346 g/mol. The molecule has 2 aromatic carbocycles. The van der Waals surface area contributed by atoms with Gasteiger partial charge in [-0.3, -0.25) is 10.1 Å². The average molecular weight is 346 g/mol. The number of hydrogen-bond donors (Lipinski definition) is 2. The number of aromatic nitrogens is 1. The molecule has 0 radical (unpaired) electrons. The summed E-state index contributed by atoms with van der Waals surface area (Å²) in [6.07, 6.45) is 1.76. The van der Waals surface area contributed by atoms with Crippen molar-refractivity contribution >= 4 is 10.9 Å². The molecule has 3 aromatic rings. The number of fused-ring (bicyclic) bond motifs is 2. The first-order valence-electron chi connectivity index (χ1n) is 7.98. The maximum Gasteiger partial charge on any atom is 0.317 e. The summed E-state index contributed by atoms with van der Waals surface area (Å²) in [5.74, 6) is 0.0582. The molecule has 128 valence electrons. The molecule has 0 fully saturated rings. The Labute approximate surface area is 148 Å². The van der Waals surface area contributed by atoms with Gasteiger partial charge >= 0.3 is 5.70 Å². The number of ether oxygens (including phenoxy) is 1. The van der Waals surface area contributed by atoms with Gasteiger partial charge in [-0.1, -0.05) is 18.2 Å². The highest BCUT2D eigenvalue weighted by Crippen LogP contribution is 2.44. The van der Waals surface area contributed by atoms with Gasteiger partial charge < -0.3 is 15.0 Å². The normalized spacial score (nSPS) is 15.9. The quantitative estimate of drug-likeness (QED) is 0.560. The van der Waals surface area contributed by atoms with Crippen LogP contribution in [0.25, 0.3) is 10.9 Å². The minimum atomic E-state index is -0.625. The van der Waals surface area contributed by atoms with Gasteiger partial charge in [0, 0.05) is 29.7 Å². The van der Waals surface area contributed by atoms with Crippen LogP contribution in [0, 0.1) is 21.4 Å². The van der Waals surface area contributed by atoms with Crippen molar-refractivity contribution in [1.29, 1.82) is 5.26 Å². The molecule has 7 heteroatoms. The van der Waals surface area contributed by atoms with Crippen LogP contribution in [0.2, 0.25) is 0 Å². The summed E-state index contributed by atoms with van der Waals surface area (Å²) in [7, 11) is 1.59. The Balaban J connectivity index is 2.03. The van der Waals surface area contributed by atoms with E-state index in [4.69, 9.17) is 4.74 Å². The standard InChI is InChI=1S/C19H14N4O3/c1-21-19-18(23(24)25)17(12-4-2-3-5-16(12)26-19)14-10-22-15-7-6-11(9-20)8-13(14)15/h2-8,10,17,21-22H,1H3. The van der Waals surface area contributed by atoms with E-state index in [1.807, 2.05) is 18.2 Å². The largest absolute Gasteiger partial charge is 0.435 e. The molecular weight excluding hydrogens is 332 g/mol. The van der Waals surface area contributed by atoms with Crippen LogP contribution in [0.1, 0.15) is 22.6 Å². The topological polar surface area (TPSA) is 104 Å². The number of H-pyrrole nitrogens is 1. The summed E-state index contributed by atoms with van der Waals surface area (Å²) >= 11 is 0. The molecule has 0 aliphatic carbocycles. The van der Waals surface area contributed by atoms with Gasteiger partial charge in [0.25, 0.3) is 5.88 Å². The van der Waals surface area contributed by atoms with E-state index in [0.717, 1.165) is 16.5 Å². The first-order chi connectivity index (χ1) is 12.6. The van der Waals surface area contributed by atoms with Gasteiger partial charge in [-0.15, -0.1) is 0 Å². The predicted octanol–water partition coefficient (Wildman–Crippen LogP) is 3.23. The third-order valence-corrected chi connectivity index (χ3v) is 4.53. The van der Waals surface area contributed by atoms with Crippen LogP contribution in [0.3, 0.4) is 0 Å². The molecule has 1 atom stereocenters. The van der Waals surface area contributed by atoms with E-state index in [1.165, 1.54) is 0 Å². The zero-order chi connectivity index (χ0) is 18.3. The van der Waals surface area contributed by atoms with Crippen molar-refractivity contribution in [3.05, 3.63) is 87.0 Å². The Kier molecular flexibility index (Phi) is 3.59. The van der Waals surface area contributed by atoms with E-state index >= 15 is 0 Å². The number of para-hydroxylation sites is 1. The molecule has 1 unspecified atom stereocenters. The third-order valence-electron chi connectivity index (χ3n) is 4.53. The molecule has 7 nitrogen and oxygen atoms in total. The van der Waals surface area contributed by atoms with Gasteiger partial charge in [0.05, 0.1) is 16.6 Å². The van der Waals surface area contributed by atoms with Gasteiger partial charge in [-0.25, -0.2) is 0 Å². The van der Waals surface area contributed by atoms with Gasteiger partial charge in [-0.05, 0) is 29.8 Å². The van der Waals surface area contributed by atoms with E-state index in [0.29, 0.717) is 16.9 Å². The molecule has 1 aliphatic rings. The molecule has 1 aromatic heterocycles. The maximum atomic E-state index is 11.9. The summed E-state index contributed by atoms with van der Waals surface area (Å²) in [6, 6.07) is 14.6. The average Bonchev–Trinajstić information content (AvgIpc) is 3.08. The van der Waals surface area contributed by atoms with Crippen LogP contribution in [0.4, 0.5) is 0 Å². The summed E-state index contributed by atoms with van der Waals surface area (Å²) in [5.41, 5.74) is 2.69. The van der Waals surface area contributed by atoms with Crippen LogP contribution in [-0.4, -0.2) is 17.0 Å². The van der Waals surface area contributed by atoms with Crippen LogP contribution < -0.4 is 10.1 Å². The Morgan fingerprint density at radius 2 is 2.08 bits per heavy atom. The molecule has 0 amide bonds. The summed E-state index contributed by atoms with van der Waals surface area (Å²) in [5, 5.41) is 24.6. The van der Waals surface area contributed by atoms with Crippen LogP contribution in [-0.2, 0) is 0 Å². The number of nitrogens with zero attached hydrogens (tertiary/aromatic N) is 2. The second-order valence-corrected chi connectivity index (χ2v) is 5.91. The van der Waals surface area contributed by atoms with Crippen molar-refractivity contribution in [3.8, 4) is 11.8 Å². The predicted molar refractivity (Wildman–Crippen MR) is 95.0 cm³/mol. The molecular formula is C19H14N4O3. The van der Waals surface area contributed by atoms with E-state index in [2.05, 4.69) is 16.4 Å². The van der Waals surface area contributed by atoms with Crippen LogP contribution >= 0.6 is 0 Å². The number of hydrogen-bond acceptors (Lipinski definition) is 5. The van der Waals surface area contributed by atoms with Crippen LogP contribution in [0.5, 0.6) is 5.75 Å². The highest BCUT2D eigenvalue weighted by molar-refractivity contribution is 5.86. The van der Waals surface area contributed by atoms with E-state index < -0.39 is 10.8 Å². The molecule has 0 bridgehead atoms. The first-order valence-corrected chi connectivity index (χ1v) is 7.98. The number of rotatable bonds is 3. The van der Waals surface area contributed by atoms with Crippen molar-refractivity contribution in [1.82, 2.24) is 10.3 Å². The molecule has 0 spiro atoms. The van der Waals surface area contributed by atoms with Crippen LogP contribution in [0.15, 0.2) is 60.2 Å². The molecule has 2 N–H and O–H groups in total. The second kappa shape index (κ2) is 5.93. The van der Waals surface area contributed by atoms with Crippen molar-refractivity contribution in [2.45, 2.75) is 5.92 Å². The third kappa shape index (κ3) is 2.28. The minimum Gasteiger partial charge on any atom is -0.435 e. The highest BCUT2D eigenvalue weighted by atomic mass is 16.6. The number of nitro groups is 1. The summed E-state index contributed by atoms with van der Waals surface area (Å²) in [4.78, 5) is 14.6. The fraction of sp³-hybridized carbons (Fsp3) is 0.105. The molecule has 2 heterocycles. The molecule has 0 saturated heterocycles. The lowest BCUT2D eigenvalue weighted by molar-refractivity contribution is -0.432. The van der Waals surface area contributed by atoms with Gasteiger partial charge in [0.15, 0.2) is 0 Å². The lowest BCUT2D eigenvalue weighted by atomic mass is 9.86. The van der Waals surface area contributed by atoms with Crippen molar-refractivity contribution < 1.29 is 9.66 Å². The SMILES string of the molecule is CNC1=C([N+](=O)[O-])C(c2c[nH]c3ccc(C#N)cc23)c2ccccc2O1. The highest BCUT2D eigenvalue weighted by Gasteiger charge is 2.40. The number of allylic oxidation sites excluding steroid dienone is 1. The van der Waals surface area contributed by atoms with E-state index in [-0.39, 0.29) is 11.6 Å². The van der Waals surface area contributed by atoms with Gasteiger partial charge in [0.2, 0.25) is 0 Å². The lowest BCUT2D eigenvalue weighted by Crippen LogP contribution is -2.27. The molecule has 4 rings (SSSR count). The first kappa shape index (κ1) is 15.7. The Hall–Kier alpha value is -3.79. The molecule has 0 saturated carbocycles. The van der Waals surface area contributed by atoms with Crippen molar-refractivity contribution in [2.75, 3.05) is 7.05 Å². The number of benzene rings is 2. The summed E-state index contributed by atoms with van der Waals surface area (Å²) < 4.78 is 5.70. The Morgan fingerprint density at radius 1 is 1.27 bits per heavy atom. The zero-order valence-corrected chi connectivity index (χ0v) is 13.8. The molecule has 1 aliphatic heterocycles. The minimum absolute atomic E-state index is 0.0607. The maximum absolute atomic E-state index is 11.9. The van der Waals surface area contributed by atoms with Gasteiger partial charge in [0.1, 0.15) is 11.7 Å². The number of aromatic amines is 1. The summed E-state index contributed by atoms with van der Waals surface area (Å²) in [6.45, 7) is 0. The molecule has 26 heavy (non-hydrogen) atoms. The van der Waals surface area contributed by atoms with Crippen molar-refractivity contribution in [2.24, 2.45) is 0 Å². The number of nitrogens with one attached hydrogen (secondary N) is 2. The number of nitriles is 1. The second-order valence-electron chi connectivity index (χ2n) is 5.91. The van der Waals surface area contributed by atoms with E-state index in [9.17, 15) is 15.4 Å². The Morgan fingerprint density at radius 3 is 2.81 bits per heavy atom. The fourth-order valence-electron chi connectivity index (χ4n) is 3.39. The smallest absolute Gasteiger partial charge is 0.317 e. The van der Waals surface area contributed by atoms with Crippen molar-refractivity contribution in [3.63, 3.8) is 0 Å². The fourth-order valence-corrected chi connectivity index (χ4v) is 3.39. The van der Waals surface area contributed by atoms with Gasteiger partial charge in [-0.2, -0.15) is 5.26 Å². The zero-order valence-electron chi connectivity index (χ0n) is 13.8. The lowest BCUT2D eigenvalue weighted by Gasteiger charge is -2.25.